The van der Waals surface area contributed by atoms with Gasteiger partial charge in [0.15, 0.2) is 0 Å². The molecule has 0 aliphatic rings. The number of nitrogens with one attached hydrogen (secondary N) is 1. The van der Waals surface area contributed by atoms with Gasteiger partial charge in [-0.3, -0.25) is 4.79 Å². The van der Waals surface area contributed by atoms with Crippen molar-refractivity contribution in [2.24, 2.45) is 5.41 Å². The highest BCUT2D eigenvalue weighted by atomic mass is 16.3. The first-order valence-electron chi connectivity index (χ1n) is 5.87. The van der Waals surface area contributed by atoms with Crippen LogP contribution in [0.5, 0.6) is 5.75 Å². The summed E-state index contributed by atoms with van der Waals surface area (Å²) in [6, 6.07) is 5.02. The molecule has 0 saturated carbocycles. The highest BCUT2D eigenvalue weighted by Crippen LogP contribution is 2.19. The van der Waals surface area contributed by atoms with E-state index in [4.69, 9.17) is 0 Å². The van der Waals surface area contributed by atoms with E-state index in [1.54, 1.807) is 18.2 Å². The zero-order chi connectivity index (χ0) is 13.1. The largest absolute Gasteiger partial charge is 0.507 e. The third-order valence-electron chi connectivity index (χ3n) is 2.56. The van der Waals surface area contributed by atoms with E-state index >= 15 is 0 Å². The van der Waals surface area contributed by atoms with Crippen LogP contribution >= 0.6 is 0 Å². The lowest BCUT2D eigenvalue weighted by molar-refractivity contribution is 0.0947. The van der Waals surface area contributed by atoms with Crippen molar-refractivity contribution in [3.05, 3.63) is 29.3 Å². The second-order valence-electron chi connectivity index (χ2n) is 5.59. The molecule has 0 unspecified atom stereocenters. The zero-order valence-electron chi connectivity index (χ0n) is 11.0. The van der Waals surface area contributed by atoms with Crippen molar-refractivity contribution in [3.63, 3.8) is 0 Å². The minimum atomic E-state index is -0.213. The SMILES string of the molecule is Cc1ccc(O)c(C(=O)NCCC(C)(C)C)c1. The van der Waals surface area contributed by atoms with Crippen LogP contribution in [0, 0.1) is 12.3 Å². The van der Waals surface area contributed by atoms with Crippen molar-refractivity contribution in [2.45, 2.75) is 34.1 Å². The number of carbonyl (C=O) groups is 1. The molecular weight excluding hydrogens is 214 g/mol. The molecule has 17 heavy (non-hydrogen) atoms. The van der Waals surface area contributed by atoms with Gasteiger partial charge in [0.25, 0.3) is 5.91 Å². The third-order valence-corrected chi connectivity index (χ3v) is 2.56. The first kappa shape index (κ1) is 13.6. The number of benzene rings is 1. The third kappa shape index (κ3) is 4.47. The molecule has 1 amide bonds. The number of phenolic OH excluding ortho intramolecular Hbond substituents is 1. The van der Waals surface area contributed by atoms with Gasteiger partial charge in [0, 0.05) is 6.54 Å². The summed E-state index contributed by atoms with van der Waals surface area (Å²) in [4.78, 5) is 11.8. The van der Waals surface area contributed by atoms with Crippen LogP contribution in [-0.4, -0.2) is 17.6 Å². The minimum absolute atomic E-state index is 0.0314. The van der Waals surface area contributed by atoms with Gasteiger partial charge in [-0.1, -0.05) is 32.4 Å². The fourth-order valence-corrected chi connectivity index (χ4v) is 1.48. The van der Waals surface area contributed by atoms with Crippen molar-refractivity contribution in [1.82, 2.24) is 5.32 Å². The molecule has 0 heterocycles. The number of hydrogen-bond donors (Lipinski definition) is 2. The molecule has 1 aromatic carbocycles. The number of aromatic hydroxyl groups is 1. The summed E-state index contributed by atoms with van der Waals surface area (Å²) >= 11 is 0. The number of phenols is 1. The van der Waals surface area contributed by atoms with Crippen LogP contribution in [0.25, 0.3) is 0 Å². The first-order valence-corrected chi connectivity index (χ1v) is 5.87. The lowest BCUT2D eigenvalue weighted by atomic mass is 9.92. The standard InChI is InChI=1S/C14H21NO2/c1-10-5-6-12(16)11(9-10)13(17)15-8-7-14(2,3)4/h5-6,9,16H,7-8H2,1-4H3,(H,15,17). The van der Waals surface area contributed by atoms with Crippen molar-refractivity contribution < 1.29 is 9.90 Å². The van der Waals surface area contributed by atoms with Gasteiger partial charge in [-0.25, -0.2) is 0 Å². The topological polar surface area (TPSA) is 49.3 Å². The van der Waals surface area contributed by atoms with Crippen molar-refractivity contribution in [3.8, 4) is 5.75 Å². The summed E-state index contributed by atoms with van der Waals surface area (Å²) in [5.41, 5.74) is 1.50. The average molecular weight is 235 g/mol. The monoisotopic (exact) mass is 235 g/mol. The maximum atomic E-state index is 11.8. The van der Waals surface area contributed by atoms with Crippen LogP contribution in [0.4, 0.5) is 0 Å². The Morgan fingerprint density at radius 1 is 1.35 bits per heavy atom. The molecule has 0 spiro atoms. The maximum absolute atomic E-state index is 11.8. The number of carbonyl (C=O) groups excluding carboxylic acids is 1. The van der Waals surface area contributed by atoms with Crippen molar-refractivity contribution >= 4 is 5.91 Å². The molecule has 0 atom stereocenters. The van der Waals surface area contributed by atoms with Gasteiger partial charge in [0.1, 0.15) is 5.75 Å². The second kappa shape index (κ2) is 5.21. The number of rotatable bonds is 3. The Morgan fingerprint density at radius 2 is 2.00 bits per heavy atom. The summed E-state index contributed by atoms with van der Waals surface area (Å²) in [5.74, 6) is -0.181. The highest BCUT2D eigenvalue weighted by molar-refractivity contribution is 5.96. The Hall–Kier alpha value is -1.51. The zero-order valence-corrected chi connectivity index (χ0v) is 11.0. The predicted molar refractivity (Wildman–Crippen MR) is 69.2 cm³/mol. The molecule has 0 radical (unpaired) electrons. The molecule has 1 rings (SSSR count). The minimum Gasteiger partial charge on any atom is -0.507 e. The fraction of sp³-hybridized carbons (Fsp3) is 0.500. The van der Waals surface area contributed by atoms with Crippen LogP contribution in [0.1, 0.15) is 43.1 Å². The predicted octanol–water partition coefficient (Wildman–Crippen LogP) is 2.87. The van der Waals surface area contributed by atoms with Gasteiger partial charge < -0.3 is 10.4 Å². The molecule has 0 fully saturated rings. The van der Waals surface area contributed by atoms with Crippen molar-refractivity contribution in [1.29, 1.82) is 0 Å². The van der Waals surface area contributed by atoms with Crippen LogP contribution < -0.4 is 5.32 Å². The smallest absolute Gasteiger partial charge is 0.255 e. The Bertz CT molecular complexity index is 405. The molecule has 3 nitrogen and oxygen atoms in total. The van der Waals surface area contributed by atoms with Crippen LogP contribution in [-0.2, 0) is 0 Å². The summed E-state index contributed by atoms with van der Waals surface area (Å²) in [5, 5.41) is 12.4. The quantitative estimate of drug-likeness (QED) is 0.846. The molecule has 0 bridgehead atoms. The number of amides is 1. The van der Waals surface area contributed by atoms with Crippen LogP contribution in [0.2, 0.25) is 0 Å². The van der Waals surface area contributed by atoms with Gasteiger partial charge in [0.2, 0.25) is 0 Å². The van der Waals surface area contributed by atoms with E-state index in [1.807, 2.05) is 6.92 Å². The van der Waals surface area contributed by atoms with Crippen LogP contribution in [0.15, 0.2) is 18.2 Å². The van der Waals surface area contributed by atoms with E-state index in [2.05, 4.69) is 26.1 Å². The first-order chi connectivity index (χ1) is 7.79. The molecule has 0 saturated heterocycles. The van der Waals surface area contributed by atoms with Crippen LogP contribution in [0.3, 0.4) is 0 Å². The Balaban J connectivity index is 2.61. The van der Waals surface area contributed by atoms with Gasteiger partial charge >= 0.3 is 0 Å². The molecule has 0 aromatic heterocycles. The Kier molecular flexibility index (Phi) is 4.16. The summed E-state index contributed by atoms with van der Waals surface area (Å²) in [6.07, 6.45) is 0.908. The normalized spacial score (nSPS) is 11.3. The van der Waals surface area contributed by atoms with Crippen molar-refractivity contribution in [2.75, 3.05) is 6.54 Å². The van der Waals surface area contributed by atoms with Gasteiger partial charge in [-0.05, 0) is 30.9 Å². The Morgan fingerprint density at radius 3 is 2.59 bits per heavy atom. The molecule has 1 aromatic rings. The van der Waals surface area contributed by atoms with E-state index in [9.17, 15) is 9.90 Å². The molecule has 3 heteroatoms. The lowest BCUT2D eigenvalue weighted by Crippen LogP contribution is -2.27. The molecule has 2 N–H and O–H groups in total. The fourth-order valence-electron chi connectivity index (χ4n) is 1.48. The second-order valence-corrected chi connectivity index (χ2v) is 5.59. The average Bonchev–Trinajstić information content (AvgIpc) is 2.19. The molecule has 0 aliphatic heterocycles. The number of hydrogen-bond acceptors (Lipinski definition) is 2. The molecule has 94 valence electrons. The lowest BCUT2D eigenvalue weighted by Gasteiger charge is -2.18. The number of aryl methyl sites for hydroxylation is 1. The van der Waals surface area contributed by atoms with Gasteiger partial charge in [0.05, 0.1) is 5.56 Å². The summed E-state index contributed by atoms with van der Waals surface area (Å²) in [7, 11) is 0. The maximum Gasteiger partial charge on any atom is 0.255 e. The van der Waals surface area contributed by atoms with E-state index < -0.39 is 0 Å². The van der Waals surface area contributed by atoms with E-state index in [0.29, 0.717) is 12.1 Å². The van der Waals surface area contributed by atoms with E-state index in [-0.39, 0.29) is 17.1 Å². The van der Waals surface area contributed by atoms with Gasteiger partial charge in [-0.15, -0.1) is 0 Å². The summed E-state index contributed by atoms with van der Waals surface area (Å²) in [6.45, 7) is 8.90. The summed E-state index contributed by atoms with van der Waals surface area (Å²) < 4.78 is 0. The van der Waals surface area contributed by atoms with Gasteiger partial charge in [-0.2, -0.15) is 0 Å². The Labute approximate surface area is 103 Å². The highest BCUT2D eigenvalue weighted by Gasteiger charge is 2.13. The molecule has 0 aliphatic carbocycles. The molecular formula is C14H21NO2. The van der Waals surface area contributed by atoms with E-state index in [1.165, 1.54) is 0 Å². The van der Waals surface area contributed by atoms with E-state index in [0.717, 1.165) is 12.0 Å².